The van der Waals surface area contributed by atoms with E-state index in [2.05, 4.69) is 51.5 Å². The van der Waals surface area contributed by atoms with Crippen molar-refractivity contribution in [1.82, 2.24) is 10.2 Å². The summed E-state index contributed by atoms with van der Waals surface area (Å²) in [6.07, 6.45) is 0. The van der Waals surface area contributed by atoms with E-state index in [1.165, 1.54) is 11.3 Å². The first kappa shape index (κ1) is 26.3. The Morgan fingerprint density at radius 1 is 0.893 bits per heavy atom. The fourth-order valence-corrected chi connectivity index (χ4v) is 3.10. The predicted molar refractivity (Wildman–Crippen MR) is 124 cm³/mol. The Morgan fingerprint density at radius 2 is 1.43 bits per heavy atom. The van der Waals surface area contributed by atoms with Crippen molar-refractivity contribution >= 4 is 54.5 Å². The number of carbonyl (C=O) groups excluding carboxylic acids is 1. The maximum Gasteiger partial charge on any atom is 0.217 e. The molecule has 8 heteroatoms. The third kappa shape index (κ3) is 7.76. The first-order chi connectivity index (χ1) is 12.1. The lowest BCUT2D eigenvalue weighted by molar-refractivity contribution is -0.119. The van der Waals surface area contributed by atoms with E-state index in [0.29, 0.717) is 6.54 Å². The molecule has 1 heterocycles. The molecule has 0 unspecified atom stereocenters. The second-order valence-corrected chi connectivity index (χ2v) is 6.58. The second-order valence-electron chi connectivity index (χ2n) is 6.58. The van der Waals surface area contributed by atoms with E-state index >= 15 is 0 Å². The average molecular weight is 448 g/mol. The molecule has 1 fully saturated rings. The smallest absolute Gasteiger partial charge is 0.217 e. The molecule has 0 atom stereocenters. The molecule has 1 aliphatic rings. The van der Waals surface area contributed by atoms with Gasteiger partial charge in [0.25, 0.3) is 0 Å². The maximum atomic E-state index is 11.0. The molecule has 0 aromatic heterocycles. The molecule has 0 aliphatic carbocycles. The van der Waals surface area contributed by atoms with Crippen LogP contribution in [-0.2, 0) is 17.9 Å². The van der Waals surface area contributed by atoms with Gasteiger partial charge in [0.1, 0.15) is 0 Å². The average Bonchev–Trinajstić information content (AvgIpc) is 2.62. The molecule has 28 heavy (non-hydrogen) atoms. The van der Waals surface area contributed by atoms with Gasteiger partial charge >= 0.3 is 0 Å². The van der Waals surface area contributed by atoms with Crippen molar-refractivity contribution in [2.24, 2.45) is 0 Å². The van der Waals surface area contributed by atoms with Crippen LogP contribution in [0.5, 0.6) is 0 Å². The van der Waals surface area contributed by atoms with Crippen LogP contribution in [0.3, 0.4) is 0 Å². The zero-order valence-electron chi connectivity index (χ0n) is 16.0. The van der Waals surface area contributed by atoms with Gasteiger partial charge in [0, 0.05) is 57.6 Å². The summed E-state index contributed by atoms with van der Waals surface area (Å²) in [5, 5.41) is 2.82. The molecule has 156 valence electrons. The number of piperazine rings is 1. The summed E-state index contributed by atoms with van der Waals surface area (Å²) in [6.45, 7) is 7.27. The lowest BCUT2D eigenvalue weighted by atomic mass is 10.1. The fourth-order valence-electron chi connectivity index (χ4n) is 3.10. The maximum absolute atomic E-state index is 11.0. The Morgan fingerprint density at radius 3 is 1.96 bits per heavy atom. The zero-order chi connectivity index (χ0) is 17.6. The molecule has 5 nitrogen and oxygen atoms in total. The molecule has 3 rings (SSSR count). The van der Waals surface area contributed by atoms with Gasteiger partial charge in [-0.05, 0) is 35.4 Å². The number of carbonyl (C=O) groups is 1. The Kier molecular flexibility index (Phi) is 12.0. The second kappa shape index (κ2) is 12.7. The van der Waals surface area contributed by atoms with E-state index in [-0.39, 0.29) is 43.1 Å². The molecular formula is C20H29Cl3N4O. The van der Waals surface area contributed by atoms with Crippen LogP contribution in [0.2, 0.25) is 0 Å². The number of hydrogen-bond donors (Lipinski definition) is 2. The number of nitrogen functional groups attached to an aromatic ring is 1. The van der Waals surface area contributed by atoms with E-state index in [4.69, 9.17) is 5.73 Å². The third-order valence-corrected chi connectivity index (χ3v) is 4.60. The van der Waals surface area contributed by atoms with Gasteiger partial charge in [-0.25, -0.2) is 0 Å². The van der Waals surface area contributed by atoms with Gasteiger partial charge in [-0.2, -0.15) is 0 Å². The number of halogens is 3. The molecule has 2 aromatic carbocycles. The van der Waals surface area contributed by atoms with Crippen LogP contribution in [0.4, 0.5) is 11.4 Å². The first-order valence-electron chi connectivity index (χ1n) is 8.75. The van der Waals surface area contributed by atoms with Crippen molar-refractivity contribution in [1.29, 1.82) is 0 Å². The van der Waals surface area contributed by atoms with Crippen LogP contribution < -0.4 is 16.0 Å². The van der Waals surface area contributed by atoms with Crippen molar-refractivity contribution < 1.29 is 4.79 Å². The van der Waals surface area contributed by atoms with Gasteiger partial charge in [0.2, 0.25) is 5.91 Å². The lowest BCUT2D eigenvalue weighted by Gasteiger charge is -2.36. The number of nitrogens with one attached hydrogen (secondary N) is 1. The minimum absolute atomic E-state index is 0. The van der Waals surface area contributed by atoms with Crippen molar-refractivity contribution in [3.63, 3.8) is 0 Å². The minimum atomic E-state index is 0. The standard InChI is InChI=1S/C20H26N4O.3ClH/c1-16(25)22-14-17-2-4-18(5-3-17)15-23-10-12-24(13-11-23)20-8-6-19(21)7-9-20;;;/h2-9H,10-15,21H2,1H3,(H,22,25);3*1H. The number of benzene rings is 2. The Hall–Kier alpha value is -1.66. The van der Waals surface area contributed by atoms with Crippen molar-refractivity contribution in [3.05, 3.63) is 59.7 Å². The summed E-state index contributed by atoms with van der Waals surface area (Å²) in [7, 11) is 0. The van der Waals surface area contributed by atoms with Crippen molar-refractivity contribution in [3.8, 4) is 0 Å². The highest BCUT2D eigenvalue weighted by Crippen LogP contribution is 2.19. The van der Waals surface area contributed by atoms with E-state index in [1.807, 2.05) is 12.1 Å². The molecule has 0 bridgehead atoms. The number of nitrogens with zero attached hydrogens (tertiary/aromatic N) is 2. The summed E-state index contributed by atoms with van der Waals surface area (Å²) in [6, 6.07) is 16.6. The molecule has 0 radical (unpaired) electrons. The summed E-state index contributed by atoms with van der Waals surface area (Å²) < 4.78 is 0. The van der Waals surface area contributed by atoms with Crippen LogP contribution in [0.25, 0.3) is 0 Å². The fraction of sp³-hybridized carbons (Fsp3) is 0.350. The van der Waals surface area contributed by atoms with Crippen LogP contribution >= 0.6 is 37.2 Å². The largest absolute Gasteiger partial charge is 0.399 e. The quantitative estimate of drug-likeness (QED) is 0.689. The Balaban J connectivity index is 0.00000243. The van der Waals surface area contributed by atoms with Gasteiger partial charge in [0.15, 0.2) is 0 Å². The number of nitrogens with two attached hydrogens (primary N) is 1. The monoisotopic (exact) mass is 446 g/mol. The van der Waals surface area contributed by atoms with Crippen LogP contribution in [-0.4, -0.2) is 37.0 Å². The van der Waals surface area contributed by atoms with E-state index < -0.39 is 0 Å². The van der Waals surface area contributed by atoms with Gasteiger partial charge < -0.3 is 16.0 Å². The molecule has 1 saturated heterocycles. The van der Waals surface area contributed by atoms with E-state index in [0.717, 1.165) is 44.0 Å². The summed E-state index contributed by atoms with van der Waals surface area (Å²) >= 11 is 0. The van der Waals surface area contributed by atoms with E-state index in [9.17, 15) is 4.79 Å². The highest BCUT2D eigenvalue weighted by molar-refractivity contribution is 5.86. The van der Waals surface area contributed by atoms with Crippen LogP contribution in [0.15, 0.2) is 48.5 Å². The predicted octanol–water partition coefficient (Wildman–Crippen LogP) is 3.49. The molecular weight excluding hydrogens is 419 g/mol. The summed E-state index contributed by atoms with van der Waals surface area (Å²) in [4.78, 5) is 15.9. The molecule has 0 spiro atoms. The molecule has 3 N–H and O–H groups in total. The van der Waals surface area contributed by atoms with Crippen molar-refractivity contribution in [2.75, 3.05) is 36.8 Å². The molecule has 1 amide bonds. The zero-order valence-corrected chi connectivity index (χ0v) is 18.4. The normalized spacial score (nSPS) is 13.5. The van der Waals surface area contributed by atoms with E-state index in [1.54, 1.807) is 6.92 Å². The molecule has 0 saturated carbocycles. The van der Waals surface area contributed by atoms with Gasteiger partial charge in [-0.3, -0.25) is 9.69 Å². The number of rotatable bonds is 5. The highest BCUT2D eigenvalue weighted by Gasteiger charge is 2.17. The Labute approximate surface area is 185 Å². The van der Waals surface area contributed by atoms with Crippen molar-refractivity contribution in [2.45, 2.75) is 20.0 Å². The molecule has 1 aliphatic heterocycles. The summed E-state index contributed by atoms with van der Waals surface area (Å²) in [5.74, 6) is 0.00282. The summed E-state index contributed by atoms with van der Waals surface area (Å²) in [5.41, 5.74) is 10.3. The van der Waals surface area contributed by atoms with Gasteiger partial charge in [-0.1, -0.05) is 24.3 Å². The molecule has 2 aromatic rings. The van der Waals surface area contributed by atoms with Gasteiger partial charge in [-0.15, -0.1) is 37.2 Å². The first-order valence-corrected chi connectivity index (χ1v) is 8.75. The lowest BCUT2D eigenvalue weighted by Crippen LogP contribution is -2.45. The van der Waals surface area contributed by atoms with Gasteiger partial charge in [0.05, 0.1) is 0 Å². The van der Waals surface area contributed by atoms with Crippen LogP contribution in [0, 0.1) is 0 Å². The number of hydrogen-bond acceptors (Lipinski definition) is 4. The van der Waals surface area contributed by atoms with Crippen LogP contribution in [0.1, 0.15) is 18.1 Å². The highest BCUT2D eigenvalue weighted by atomic mass is 35.5. The topological polar surface area (TPSA) is 61.6 Å². The number of amides is 1. The third-order valence-electron chi connectivity index (χ3n) is 4.60. The number of anilines is 2. The minimum Gasteiger partial charge on any atom is -0.399 e. The SMILES string of the molecule is CC(=O)NCc1ccc(CN2CCN(c3ccc(N)cc3)CC2)cc1.Cl.Cl.Cl. The Bertz CT molecular complexity index is 702.